The maximum Gasteiger partial charge on any atom is 0.108 e. The van der Waals surface area contributed by atoms with Crippen LogP contribution in [0.15, 0.2) is 35.7 Å². The molecule has 0 amide bonds. The van der Waals surface area contributed by atoms with Crippen LogP contribution < -0.4 is 0 Å². The van der Waals surface area contributed by atoms with E-state index in [0.717, 1.165) is 17.1 Å². The zero-order valence-electron chi connectivity index (χ0n) is 7.61. The fourth-order valence-electron chi connectivity index (χ4n) is 1.30. The Bertz CT molecular complexity index is 397. The molecule has 0 aliphatic rings. The van der Waals surface area contributed by atoms with Gasteiger partial charge in [0.15, 0.2) is 0 Å². The molecule has 2 rings (SSSR count). The van der Waals surface area contributed by atoms with Gasteiger partial charge in [-0.05, 0) is 5.56 Å². The Kier molecular flexibility index (Phi) is 3.17. The maximum atomic E-state index is 5.69. The van der Waals surface area contributed by atoms with Crippen molar-refractivity contribution in [1.82, 2.24) is 4.98 Å². The van der Waals surface area contributed by atoms with E-state index >= 15 is 0 Å². The molecular formula is C11H10ClNS. The first-order valence-electron chi connectivity index (χ1n) is 4.41. The quantitative estimate of drug-likeness (QED) is 0.727. The van der Waals surface area contributed by atoms with E-state index in [1.807, 2.05) is 18.2 Å². The highest BCUT2D eigenvalue weighted by molar-refractivity contribution is 7.09. The van der Waals surface area contributed by atoms with Gasteiger partial charge in [-0.25, -0.2) is 4.98 Å². The average Bonchev–Trinajstić information content (AvgIpc) is 2.67. The second-order valence-electron chi connectivity index (χ2n) is 3.03. The van der Waals surface area contributed by atoms with Crippen LogP contribution in [0.4, 0.5) is 0 Å². The highest BCUT2D eigenvalue weighted by atomic mass is 35.5. The van der Waals surface area contributed by atoms with E-state index in [-0.39, 0.29) is 0 Å². The molecule has 0 unspecified atom stereocenters. The number of hydrogen-bond acceptors (Lipinski definition) is 2. The standard InChI is InChI=1S/C11H10ClNS/c12-7-11-13-10(8-14-11)6-9-4-2-1-3-5-9/h1-5,8H,6-7H2. The Hall–Kier alpha value is -0.860. The van der Waals surface area contributed by atoms with Gasteiger partial charge in [0.2, 0.25) is 0 Å². The van der Waals surface area contributed by atoms with Crippen LogP contribution in [0.1, 0.15) is 16.3 Å². The van der Waals surface area contributed by atoms with Gasteiger partial charge in [-0.1, -0.05) is 30.3 Å². The molecule has 14 heavy (non-hydrogen) atoms. The van der Waals surface area contributed by atoms with Gasteiger partial charge in [0, 0.05) is 11.8 Å². The molecule has 1 heterocycles. The molecule has 0 radical (unpaired) electrons. The number of halogens is 1. The third-order valence-corrected chi connectivity index (χ3v) is 3.25. The van der Waals surface area contributed by atoms with E-state index in [9.17, 15) is 0 Å². The smallest absolute Gasteiger partial charge is 0.108 e. The maximum absolute atomic E-state index is 5.69. The van der Waals surface area contributed by atoms with Crippen LogP contribution in [0.5, 0.6) is 0 Å². The highest BCUT2D eigenvalue weighted by Crippen LogP contribution is 2.15. The van der Waals surface area contributed by atoms with Crippen molar-refractivity contribution >= 4 is 22.9 Å². The summed E-state index contributed by atoms with van der Waals surface area (Å²) in [4.78, 5) is 4.41. The molecule has 1 aromatic heterocycles. The summed E-state index contributed by atoms with van der Waals surface area (Å²) in [6, 6.07) is 10.3. The monoisotopic (exact) mass is 223 g/mol. The van der Waals surface area contributed by atoms with E-state index in [1.165, 1.54) is 5.56 Å². The van der Waals surface area contributed by atoms with Crippen molar-refractivity contribution in [3.05, 3.63) is 52.0 Å². The van der Waals surface area contributed by atoms with Crippen molar-refractivity contribution < 1.29 is 0 Å². The van der Waals surface area contributed by atoms with Crippen molar-refractivity contribution in [3.8, 4) is 0 Å². The Morgan fingerprint density at radius 3 is 2.64 bits per heavy atom. The molecule has 1 nitrogen and oxygen atoms in total. The summed E-state index contributed by atoms with van der Waals surface area (Å²) < 4.78 is 0. The second-order valence-corrected chi connectivity index (χ2v) is 4.24. The van der Waals surface area contributed by atoms with Crippen LogP contribution in [-0.2, 0) is 12.3 Å². The van der Waals surface area contributed by atoms with Crippen molar-refractivity contribution in [1.29, 1.82) is 0 Å². The largest absolute Gasteiger partial charge is 0.245 e. The third-order valence-electron chi connectivity index (χ3n) is 1.94. The van der Waals surface area contributed by atoms with Crippen LogP contribution in [0.3, 0.4) is 0 Å². The number of alkyl halides is 1. The summed E-state index contributed by atoms with van der Waals surface area (Å²) in [5, 5.41) is 3.07. The first kappa shape index (κ1) is 9.69. The molecular weight excluding hydrogens is 214 g/mol. The molecule has 0 bridgehead atoms. The zero-order chi connectivity index (χ0) is 9.80. The van der Waals surface area contributed by atoms with Gasteiger partial charge in [-0.3, -0.25) is 0 Å². The molecule has 0 aliphatic carbocycles. The molecule has 0 fully saturated rings. The molecule has 0 atom stereocenters. The summed E-state index contributed by atoms with van der Waals surface area (Å²) in [5.41, 5.74) is 2.40. The van der Waals surface area contributed by atoms with Crippen LogP contribution in [-0.4, -0.2) is 4.98 Å². The molecule has 0 N–H and O–H groups in total. The van der Waals surface area contributed by atoms with Crippen LogP contribution in [0.25, 0.3) is 0 Å². The predicted molar refractivity (Wildman–Crippen MR) is 60.9 cm³/mol. The molecule has 1 aromatic carbocycles. The lowest BCUT2D eigenvalue weighted by atomic mass is 10.1. The lowest BCUT2D eigenvalue weighted by Crippen LogP contribution is -1.88. The summed E-state index contributed by atoms with van der Waals surface area (Å²) in [7, 11) is 0. The first-order valence-corrected chi connectivity index (χ1v) is 5.83. The lowest BCUT2D eigenvalue weighted by molar-refractivity contribution is 1.08. The molecule has 72 valence electrons. The van der Waals surface area contributed by atoms with E-state index < -0.39 is 0 Å². The van der Waals surface area contributed by atoms with Gasteiger partial charge in [0.05, 0.1) is 11.6 Å². The number of hydrogen-bond donors (Lipinski definition) is 0. The van der Waals surface area contributed by atoms with Crippen LogP contribution in [0, 0.1) is 0 Å². The van der Waals surface area contributed by atoms with Gasteiger partial charge >= 0.3 is 0 Å². The van der Waals surface area contributed by atoms with Crippen molar-refractivity contribution in [3.63, 3.8) is 0 Å². The first-order chi connectivity index (χ1) is 6.88. The summed E-state index contributed by atoms with van der Waals surface area (Å²) in [5.74, 6) is 0.513. The minimum atomic E-state index is 0.513. The topological polar surface area (TPSA) is 12.9 Å². The van der Waals surface area contributed by atoms with E-state index in [1.54, 1.807) is 11.3 Å². The molecule has 0 saturated carbocycles. The fraction of sp³-hybridized carbons (Fsp3) is 0.182. The van der Waals surface area contributed by atoms with Crippen molar-refractivity contribution in [2.24, 2.45) is 0 Å². The zero-order valence-corrected chi connectivity index (χ0v) is 9.18. The van der Waals surface area contributed by atoms with E-state index in [4.69, 9.17) is 11.6 Å². The van der Waals surface area contributed by atoms with Gasteiger partial charge in [0.25, 0.3) is 0 Å². The molecule has 0 aliphatic heterocycles. The number of benzene rings is 1. The molecule has 3 heteroatoms. The Morgan fingerprint density at radius 1 is 1.21 bits per heavy atom. The summed E-state index contributed by atoms with van der Waals surface area (Å²) in [6.45, 7) is 0. The van der Waals surface area contributed by atoms with Crippen molar-refractivity contribution in [2.75, 3.05) is 0 Å². The van der Waals surface area contributed by atoms with E-state index in [0.29, 0.717) is 5.88 Å². The third kappa shape index (κ3) is 2.34. The number of thiazole rings is 1. The summed E-state index contributed by atoms with van der Waals surface area (Å²) >= 11 is 7.32. The Labute approximate surface area is 92.4 Å². The normalized spacial score (nSPS) is 10.4. The van der Waals surface area contributed by atoms with Crippen molar-refractivity contribution in [2.45, 2.75) is 12.3 Å². The minimum Gasteiger partial charge on any atom is -0.245 e. The SMILES string of the molecule is ClCc1nc(Cc2ccccc2)cs1. The van der Waals surface area contributed by atoms with Gasteiger partial charge in [0.1, 0.15) is 5.01 Å². The second kappa shape index (κ2) is 4.58. The molecule has 0 spiro atoms. The lowest BCUT2D eigenvalue weighted by Gasteiger charge is -1.96. The van der Waals surface area contributed by atoms with Gasteiger partial charge < -0.3 is 0 Å². The number of aromatic nitrogens is 1. The van der Waals surface area contributed by atoms with Gasteiger partial charge in [-0.2, -0.15) is 0 Å². The molecule has 2 aromatic rings. The summed E-state index contributed by atoms with van der Waals surface area (Å²) in [6.07, 6.45) is 0.897. The fourth-order valence-corrected chi connectivity index (χ4v) is 2.19. The Balaban J connectivity index is 2.11. The highest BCUT2D eigenvalue weighted by Gasteiger charge is 2.01. The van der Waals surface area contributed by atoms with Gasteiger partial charge in [-0.15, -0.1) is 22.9 Å². The average molecular weight is 224 g/mol. The number of rotatable bonds is 3. The van der Waals surface area contributed by atoms with Crippen LogP contribution in [0.2, 0.25) is 0 Å². The Morgan fingerprint density at radius 2 is 2.00 bits per heavy atom. The minimum absolute atomic E-state index is 0.513. The number of nitrogens with zero attached hydrogens (tertiary/aromatic N) is 1. The van der Waals surface area contributed by atoms with E-state index in [2.05, 4.69) is 22.5 Å². The molecule has 0 saturated heterocycles. The predicted octanol–water partition coefficient (Wildman–Crippen LogP) is 3.47. The van der Waals surface area contributed by atoms with Crippen LogP contribution >= 0.6 is 22.9 Å².